The molecule has 3 aromatic rings. The van der Waals surface area contributed by atoms with Crippen LogP contribution in [-0.4, -0.2) is 63.6 Å². The van der Waals surface area contributed by atoms with E-state index in [0.29, 0.717) is 23.7 Å². The minimum absolute atomic E-state index is 0.263. The molecule has 3 N–H and O–H groups in total. The summed E-state index contributed by atoms with van der Waals surface area (Å²) in [6.45, 7) is 3.80. The molecule has 1 aliphatic rings. The van der Waals surface area contributed by atoms with Crippen LogP contribution >= 0.6 is 0 Å². The molecule has 1 aliphatic heterocycles. The van der Waals surface area contributed by atoms with Crippen molar-refractivity contribution in [2.24, 2.45) is 0 Å². The molecule has 29 heavy (non-hydrogen) atoms. The van der Waals surface area contributed by atoms with Crippen LogP contribution in [0.5, 0.6) is 6.01 Å². The van der Waals surface area contributed by atoms with Crippen molar-refractivity contribution in [3.63, 3.8) is 0 Å². The third-order valence-electron chi connectivity index (χ3n) is 4.39. The molecule has 0 aliphatic carbocycles. The molecule has 0 amide bonds. The van der Waals surface area contributed by atoms with Gasteiger partial charge in [0.25, 0.3) is 0 Å². The number of nitrogens with one attached hydrogen (secondary N) is 1. The lowest BCUT2D eigenvalue weighted by atomic mass is 10.2. The zero-order chi connectivity index (χ0) is 20.9. The predicted molar refractivity (Wildman–Crippen MR) is 111 cm³/mol. The van der Waals surface area contributed by atoms with E-state index in [2.05, 4.69) is 24.9 Å². The van der Waals surface area contributed by atoms with E-state index in [0.717, 1.165) is 37.1 Å². The summed E-state index contributed by atoms with van der Waals surface area (Å²) in [6, 6.07) is 2.11. The number of aromatic amines is 1. The summed E-state index contributed by atoms with van der Waals surface area (Å²) in [5.41, 5.74) is 8.67. The van der Waals surface area contributed by atoms with E-state index < -0.39 is 10.0 Å². The van der Waals surface area contributed by atoms with Crippen LogP contribution in [-0.2, 0) is 10.0 Å². The minimum Gasteiger partial charge on any atom is -0.464 e. The van der Waals surface area contributed by atoms with Gasteiger partial charge in [-0.15, -0.1) is 0 Å². The third kappa shape index (κ3) is 5.39. The molecule has 0 unspecified atom stereocenters. The molecule has 1 saturated heterocycles. The molecule has 11 heteroatoms. The van der Waals surface area contributed by atoms with Gasteiger partial charge in [0, 0.05) is 25.5 Å². The summed E-state index contributed by atoms with van der Waals surface area (Å²) in [5, 5.41) is 0. The van der Waals surface area contributed by atoms with Gasteiger partial charge in [-0.1, -0.05) is 6.42 Å². The average molecular weight is 420 g/mol. The molecule has 0 atom stereocenters. The van der Waals surface area contributed by atoms with Crippen molar-refractivity contribution in [1.82, 2.24) is 29.2 Å². The maximum atomic E-state index is 10.9. The Morgan fingerprint density at radius 2 is 1.93 bits per heavy atom. The Bertz CT molecular complexity index is 1060. The molecule has 10 nitrogen and oxygen atoms in total. The number of piperidine rings is 1. The maximum absolute atomic E-state index is 10.9. The first-order valence-electron chi connectivity index (χ1n) is 9.39. The number of ether oxygens (including phenoxy) is 1. The van der Waals surface area contributed by atoms with E-state index >= 15 is 0 Å². The number of hydrogen-bond donors (Lipinski definition) is 2. The smallest absolute Gasteiger partial charge is 0.318 e. The number of sulfonamides is 1. The van der Waals surface area contributed by atoms with Crippen LogP contribution < -0.4 is 10.5 Å². The van der Waals surface area contributed by atoms with Gasteiger partial charge in [0.2, 0.25) is 10.0 Å². The Kier molecular flexibility index (Phi) is 6.60. The van der Waals surface area contributed by atoms with Crippen LogP contribution in [0.4, 0.5) is 5.82 Å². The fourth-order valence-corrected chi connectivity index (χ4v) is 3.85. The molecule has 156 valence electrons. The van der Waals surface area contributed by atoms with Crippen LogP contribution in [0.2, 0.25) is 0 Å². The van der Waals surface area contributed by atoms with E-state index in [1.54, 1.807) is 22.9 Å². The van der Waals surface area contributed by atoms with Crippen LogP contribution in [0.15, 0.2) is 24.7 Å². The largest absolute Gasteiger partial charge is 0.464 e. The van der Waals surface area contributed by atoms with Gasteiger partial charge in [0.1, 0.15) is 11.3 Å². The molecule has 1 fully saturated rings. The number of H-pyrrole nitrogens is 1. The number of nitrogens with two attached hydrogens (primary N) is 1. The highest BCUT2D eigenvalue weighted by Gasteiger charge is 2.18. The zero-order valence-electron chi connectivity index (χ0n) is 16.5. The Balaban J connectivity index is 0.000000204. The highest BCUT2D eigenvalue weighted by molar-refractivity contribution is 7.88. The highest BCUT2D eigenvalue weighted by Crippen LogP contribution is 2.23. The summed E-state index contributed by atoms with van der Waals surface area (Å²) < 4.78 is 28.6. The predicted octanol–water partition coefficient (Wildman–Crippen LogP) is 1.83. The van der Waals surface area contributed by atoms with Crippen LogP contribution in [0.3, 0.4) is 0 Å². The molecule has 0 spiro atoms. The van der Waals surface area contributed by atoms with E-state index in [1.165, 1.54) is 12.7 Å². The van der Waals surface area contributed by atoms with Crippen molar-refractivity contribution < 1.29 is 13.2 Å². The first kappa shape index (κ1) is 20.9. The summed E-state index contributed by atoms with van der Waals surface area (Å²) in [5.74, 6) is 0.322. The van der Waals surface area contributed by atoms with Gasteiger partial charge in [-0.05, 0) is 25.8 Å². The molecule has 3 aromatic heterocycles. The Labute approximate surface area is 169 Å². The van der Waals surface area contributed by atoms with Crippen molar-refractivity contribution in [3.8, 4) is 17.3 Å². The molecule has 0 saturated carbocycles. The monoisotopic (exact) mass is 419 g/mol. The minimum atomic E-state index is -2.89. The van der Waals surface area contributed by atoms with Gasteiger partial charge < -0.3 is 15.5 Å². The van der Waals surface area contributed by atoms with E-state index in [4.69, 9.17) is 10.5 Å². The summed E-state index contributed by atoms with van der Waals surface area (Å²) in [6.07, 6.45) is 9.50. The average Bonchev–Trinajstić information content (AvgIpc) is 3.17. The van der Waals surface area contributed by atoms with Crippen LogP contribution in [0.1, 0.15) is 26.2 Å². The normalized spacial score (nSPS) is 15.0. The first-order valence-corrected chi connectivity index (χ1v) is 11.2. The van der Waals surface area contributed by atoms with Crippen molar-refractivity contribution in [3.05, 3.63) is 24.7 Å². The molecule has 4 heterocycles. The number of nitrogens with zero attached hydrogens (tertiary/aromatic N) is 5. The number of aromatic nitrogens is 5. The fraction of sp³-hybridized carbons (Fsp3) is 0.444. The quantitative estimate of drug-likeness (QED) is 0.653. The van der Waals surface area contributed by atoms with Gasteiger partial charge in [-0.3, -0.25) is 0 Å². The third-order valence-corrected chi connectivity index (χ3v) is 5.69. The summed E-state index contributed by atoms with van der Waals surface area (Å²) >= 11 is 0. The number of rotatable bonds is 4. The van der Waals surface area contributed by atoms with Gasteiger partial charge in [0.15, 0.2) is 5.65 Å². The van der Waals surface area contributed by atoms with Crippen molar-refractivity contribution in [2.75, 3.05) is 31.7 Å². The SMILES string of the molecule is CCOc1ncc(-c2cnc3[nH]ccc3n2)c(N)n1.CS(=O)(=O)N1CCCCC1. The van der Waals surface area contributed by atoms with Gasteiger partial charge >= 0.3 is 6.01 Å². The lowest BCUT2D eigenvalue weighted by Crippen LogP contribution is -2.34. The van der Waals surface area contributed by atoms with E-state index in [9.17, 15) is 8.42 Å². The van der Waals surface area contributed by atoms with Gasteiger partial charge in [0.05, 0.1) is 30.3 Å². The van der Waals surface area contributed by atoms with Gasteiger partial charge in [-0.25, -0.2) is 27.7 Å². The standard InChI is InChI=1S/C12H12N6O.C6H13NO2S/c1-2-19-12-16-5-7(10(13)18-12)9-6-15-11-8(17-9)3-4-14-11;1-10(8,9)7-5-3-2-4-6-7/h3-6H,2H2,1H3,(H,14,15)(H2,13,16,18);2-6H2,1H3. The lowest BCUT2D eigenvalue weighted by Gasteiger charge is -2.23. The molecule has 0 bridgehead atoms. The second kappa shape index (κ2) is 9.14. The second-order valence-corrected chi connectivity index (χ2v) is 8.56. The van der Waals surface area contributed by atoms with E-state index in [1.807, 2.05) is 13.0 Å². The molecule has 0 radical (unpaired) electrons. The summed E-state index contributed by atoms with van der Waals surface area (Å²) in [7, 11) is -2.89. The molecule has 4 rings (SSSR count). The highest BCUT2D eigenvalue weighted by atomic mass is 32.2. The van der Waals surface area contributed by atoms with Crippen LogP contribution in [0.25, 0.3) is 22.4 Å². The first-order chi connectivity index (χ1) is 13.9. The van der Waals surface area contributed by atoms with Crippen LogP contribution in [0, 0.1) is 0 Å². The maximum Gasteiger partial charge on any atom is 0.318 e. The van der Waals surface area contributed by atoms with Crippen molar-refractivity contribution in [1.29, 1.82) is 0 Å². The van der Waals surface area contributed by atoms with E-state index in [-0.39, 0.29) is 6.01 Å². The Morgan fingerprint density at radius 3 is 2.55 bits per heavy atom. The lowest BCUT2D eigenvalue weighted by molar-refractivity contribution is 0.313. The molecular formula is C18H25N7O3S. The molecular weight excluding hydrogens is 394 g/mol. The molecule has 0 aromatic carbocycles. The number of fused-ring (bicyclic) bond motifs is 1. The number of hydrogen-bond acceptors (Lipinski definition) is 8. The summed E-state index contributed by atoms with van der Waals surface area (Å²) in [4.78, 5) is 19.8. The topological polar surface area (TPSA) is 140 Å². The fourth-order valence-electron chi connectivity index (χ4n) is 2.93. The zero-order valence-corrected chi connectivity index (χ0v) is 17.3. The number of anilines is 1. The number of nitrogen functional groups attached to an aromatic ring is 1. The van der Waals surface area contributed by atoms with Crippen molar-refractivity contribution >= 4 is 27.0 Å². The second-order valence-electron chi connectivity index (χ2n) is 6.57. The Morgan fingerprint density at radius 1 is 1.17 bits per heavy atom. The Hall–Kier alpha value is -2.79. The van der Waals surface area contributed by atoms with Gasteiger partial charge in [-0.2, -0.15) is 4.98 Å². The van der Waals surface area contributed by atoms with Crippen molar-refractivity contribution in [2.45, 2.75) is 26.2 Å².